The first-order valence-electron chi connectivity index (χ1n) is 7.16. The lowest BCUT2D eigenvalue weighted by atomic mass is 10.1. The van der Waals surface area contributed by atoms with E-state index < -0.39 is 48.5 Å². The normalized spacial score (nSPS) is 12.3. The van der Waals surface area contributed by atoms with E-state index in [1.807, 2.05) is 0 Å². The third kappa shape index (κ3) is 9.13. The van der Waals surface area contributed by atoms with Crippen LogP contribution in [0.25, 0.3) is 0 Å². The molecule has 2 N–H and O–H groups in total. The highest BCUT2D eigenvalue weighted by Crippen LogP contribution is 2.07. The number of carboxylic acids is 1. The van der Waals surface area contributed by atoms with Gasteiger partial charge >= 0.3 is 30.0 Å². The van der Waals surface area contributed by atoms with Gasteiger partial charge in [0.05, 0.1) is 21.3 Å². The van der Waals surface area contributed by atoms with E-state index in [0.29, 0.717) is 0 Å². The number of hydrogen-bond donors (Lipinski definition) is 2. The van der Waals surface area contributed by atoms with E-state index in [1.54, 1.807) is 0 Å². The zero-order chi connectivity index (χ0) is 19.4. The van der Waals surface area contributed by atoms with E-state index >= 15 is 0 Å². The summed E-state index contributed by atoms with van der Waals surface area (Å²) in [5, 5.41) is 10.8. The molecule has 0 unspecified atom stereocenters. The van der Waals surface area contributed by atoms with Crippen LogP contribution in [0.2, 0.25) is 0 Å². The molecular weight excluding hydrogens is 342 g/mol. The Morgan fingerprint density at radius 3 is 1.96 bits per heavy atom. The number of carboxylic acid groups (broad SMARTS) is 1. The highest BCUT2D eigenvalue weighted by molar-refractivity contribution is 5.84. The number of alkyl carbamates (subject to hydrolysis) is 1. The van der Waals surface area contributed by atoms with Crippen LogP contribution in [0.4, 0.5) is 4.79 Å². The number of aliphatic carboxylic acids is 1. The van der Waals surface area contributed by atoms with Gasteiger partial charge in [-0.15, -0.1) is 0 Å². The van der Waals surface area contributed by atoms with Gasteiger partial charge in [0.15, 0.2) is 0 Å². The number of methoxy groups -OCH3 is 3. The molecular formula is C14H21NO10. The minimum Gasteiger partial charge on any atom is -0.481 e. The monoisotopic (exact) mass is 363 g/mol. The molecule has 0 aromatic heterocycles. The number of ether oxygens (including phenoxy) is 4. The fraction of sp³-hybridized carbons (Fsp3) is 0.643. The highest BCUT2D eigenvalue weighted by Gasteiger charge is 2.28. The molecule has 0 bridgehead atoms. The molecule has 0 aliphatic heterocycles. The maximum absolute atomic E-state index is 11.9. The molecule has 0 aliphatic rings. The summed E-state index contributed by atoms with van der Waals surface area (Å²) in [7, 11) is 3.30. The van der Waals surface area contributed by atoms with E-state index in [2.05, 4.69) is 19.5 Å². The van der Waals surface area contributed by atoms with Crippen molar-refractivity contribution in [2.24, 2.45) is 0 Å². The smallest absolute Gasteiger partial charge is 0.408 e. The van der Waals surface area contributed by atoms with Crippen molar-refractivity contribution in [3.63, 3.8) is 0 Å². The Hall–Kier alpha value is -2.85. The molecule has 0 rings (SSSR count). The van der Waals surface area contributed by atoms with Crippen molar-refractivity contribution in [1.82, 2.24) is 5.32 Å². The first kappa shape index (κ1) is 22.1. The van der Waals surface area contributed by atoms with Crippen molar-refractivity contribution in [2.75, 3.05) is 21.3 Å². The van der Waals surface area contributed by atoms with Crippen LogP contribution >= 0.6 is 0 Å². The fourth-order valence-electron chi connectivity index (χ4n) is 1.67. The summed E-state index contributed by atoms with van der Waals surface area (Å²) in [4.78, 5) is 56.7. The van der Waals surface area contributed by atoms with Crippen LogP contribution in [-0.4, -0.2) is 68.6 Å². The molecule has 0 aliphatic carbocycles. The first-order chi connectivity index (χ1) is 11.7. The van der Waals surface area contributed by atoms with Crippen molar-refractivity contribution in [3.8, 4) is 0 Å². The van der Waals surface area contributed by atoms with Crippen LogP contribution < -0.4 is 5.32 Å². The van der Waals surface area contributed by atoms with Crippen molar-refractivity contribution in [2.45, 2.75) is 37.8 Å². The zero-order valence-electron chi connectivity index (χ0n) is 14.1. The summed E-state index contributed by atoms with van der Waals surface area (Å²) < 4.78 is 18.2. The van der Waals surface area contributed by atoms with E-state index in [0.717, 1.165) is 14.2 Å². The predicted molar refractivity (Wildman–Crippen MR) is 79.3 cm³/mol. The average Bonchev–Trinajstić information content (AvgIpc) is 2.59. The summed E-state index contributed by atoms with van der Waals surface area (Å²) in [5.41, 5.74) is 0. The molecule has 0 saturated carbocycles. The van der Waals surface area contributed by atoms with Crippen molar-refractivity contribution in [3.05, 3.63) is 0 Å². The molecule has 25 heavy (non-hydrogen) atoms. The van der Waals surface area contributed by atoms with Gasteiger partial charge in [0.2, 0.25) is 6.10 Å². The summed E-state index contributed by atoms with van der Waals surface area (Å²) >= 11 is 0. The van der Waals surface area contributed by atoms with Gasteiger partial charge in [-0.1, -0.05) is 0 Å². The Morgan fingerprint density at radius 2 is 1.48 bits per heavy atom. The number of amides is 1. The first-order valence-corrected chi connectivity index (χ1v) is 7.16. The van der Waals surface area contributed by atoms with E-state index in [1.165, 1.54) is 7.11 Å². The number of hydrogen-bond acceptors (Lipinski definition) is 9. The van der Waals surface area contributed by atoms with Crippen molar-refractivity contribution in [1.29, 1.82) is 0 Å². The van der Waals surface area contributed by atoms with E-state index in [4.69, 9.17) is 9.84 Å². The van der Waals surface area contributed by atoms with Gasteiger partial charge in [0.1, 0.15) is 6.04 Å². The Labute approximate surface area is 143 Å². The SMILES string of the molecule is COC(=O)CC[C@H](NC(=O)O[C@@H](CCC(=O)O)C(=O)OC)C(=O)OC. The third-order valence-corrected chi connectivity index (χ3v) is 2.98. The van der Waals surface area contributed by atoms with Crippen LogP contribution in [0.1, 0.15) is 25.7 Å². The van der Waals surface area contributed by atoms with Gasteiger partial charge in [-0.25, -0.2) is 14.4 Å². The Bertz CT molecular complexity index is 504. The van der Waals surface area contributed by atoms with E-state index in [-0.39, 0.29) is 19.3 Å². The lowest BCUT2D eigenvalue weighted by molar-refractivity contribution is -0.151. The quantitative estimate of drug-likeness (QED) is 0.387. The fourth-order valence-corrected chi connectivity index (χ4v) is 1.67. The second-order valence-corrected chi connectivity index (χ2v) is 4.68. The third-order valence-electron chi connectivity index (χ3n) is 2.98. The predicted octanol–water partition coefficient (Wildman–Crippen LogP) is -0.386. The number of esters is 3. The molecule has 142 valence electrons. The maximum atomic E-state index is 11.9. The van der Waals surface area contributed by atoms with Gasteiger partial charge in [0.25, 0.3) is 0 Å². The zero-order valence-corrected chi connectivity index (χ0v) is 14.1. The van der Waals surface area contributed by atoms with E-state index in [9.17, 15) is 24.0 Å². The minimum absolute atomic E-state index is 0.119. The molecule has 0 heterocycles. The molecule has 0 aromatic carbocycles. The van der Waals surface area contributed by atoms with Crippen LogP contribution in [0.3, 0.4) is 0 Å². The standard InChI is InChI=1S/C14H21NO10/c1-22-11(18)7-4-8(12(19)23-2)15-14(21)25-9(13(20)24-3)5-6-10(16)17/h8-9H,4-7H2,1-3H3,(H,15,21)(H,16,17)/t8-,9-/m0/s1. The summed E-state index contributed by atoms with van der Waals surface area (Å²) in [6, 6.07) is -1.21. The summed E-state index contributed by atoms with van der Waals surface area (Å²) in [6.07, 6.45) is -3.65. The molecule has 0 radical (unpaired) electrons. The van der Waals surface area contributed by atoms with Crippen molar-refractivity contribution >= 4 is 30.0 Å². The number of rotatable bonds is 10. The number of nitrogens with one attached hydrogen (secondary N) is 1. The Kier molecular flexibility index (Phi) is 10.3. The Balaban J connectivity index is 4.82. The molecule has 2 atom stereocenters. The minimum atomic E-state index is -1.46. The van der Waals surface area contributed by atoms with Crippen LogP contribution in [0, 0.1) is 0 Å². The lowest BCUT2D eigenvalue weighted by Crippen LogP contribution is -2.44. The highest BCUT2D eigenvalue weighted by atomic mass is 16.6. The topological polar surface area (TPSA) is 155 Å². The van der Waals surface area contributed by atoms with Crippen LogP contribution in [0.15, 0.2) is 0 Å². The lowest BCUT2D eigenvalue weighted by Gasteiger charge is -2.19. The second-order valence-electron chi connectivity index (χ2n) is 4.68. The van der Waals surface area contributed by atoms with Gasteiger partial charge < -0.3 is 29.4 Å². The second kappa shape index (κ2) is 11.6. The summed E-state index contributed by atoms with van der Waals surface area (Å²) in [6.45, 7) is 0. The van der Waals surface area contributed by atoms with Crippen molar-refractivity contribution < 1.29 is 48.0 Å². The van der Waals surface area contributed by atoms with Gasteiger partial charge in [-0.05, 0) is 6.42 Å². The molecule has 11 heteroatoms. The van der Waals surface area contributed by atoms with Gasteiger partial charge in [-0.2, -0.15) is 0 Å². The molecule has 1 amide bonds. The van der Waals surface area contributed by atoms with Gasteiger partial charge in [0, 0.05) is 19.3 Å². The average molecular weight is 363 g/mol. The largest absolute Gasteiger partial charge is 0.481 e. The number of carbonyl (C=O) groups excluding carboxylic acids is 4. The Morgan fingerprint density at radius 1 is 0.880 bits per heavy atom. The molecule has 0 spiro atoms. The maximum Gasteiger partial charge on any atom is 0.408 e. The molecule has 0 fully saturated rings. The molecule has 11 nitrogen and oxygen atoms in total. The molecule has 0 saturated heterocycles. The van der Waals surface area contributed by atoms with Gasteiger partial charge in [-0.3, -0.25) is 9.59 Å². The summed E-state index contributed by atoms with van der Waals surface area (Å²) in [5.74, 6) is -3.57. The van der Waals surface area contributed by atoms with Crippen LogP contribution in [-0.2, 0) is 38.1 Å². The number of carbonyl (C=O) groups is 5. The van der Waals surface area contributed by atoms with Crippen LogP contribution in [0.5, 0.6) is 0 Å². The molecule has 0 aromatic rings.